The van der Waals surface area contributed by atoms with Crippen LogP contribution in [0.15, 0.2) is 24.3 Å². The maximum Gasteiger partial charge on any atom is 0.311 e. The maximum atomic E-state index is 12.4. The van der Waals surface area contributed by atoms with Crippen LogP contribution in [0.4, 0.5) is 0 Å². The zero-order chi connectivity index (χ0) is 17.7. The number of rotatable bonds is 4. The molecule has 1 N–H and O–H groups in total. The molecule has 1 aliphatic heterocycles. The molecule has 1 unspecified atom stereocenters. The minimum Gasteiger partial charge on any atom is -0.341 e. The molecule has 5 nitrogen and oxygen atoms in total. The highest BCUT2D eigenvalue weighted by Crippen LogP contribution is 2.16. The zero-order valence-corrected chi connectivity index (χ0v) is 15.2. The molecule has 1 saturated heterocycles. The molecule has 24 heavy (non-hydrogen) atoms. The average molecular weight is 331 g/mol. The van der Waals surface area contributed by atoms with Gasteiger partial charge in [0.25, 0.3) is 0 Å². The lowest BCUT2D eigenvalue weighted by Crippen LogP contribution is -2.49. The highest BCUT2D eigenvalue weighted by Gasteiger charge is 2.28. The molecule has 0 radical (unpaired) electrons. The summed E-state index contributed by atoms with van der Waals surface area (Å²) in [4.78, 5) is 28.5. The van der Waals surface area contributed by atoms with Crippen molar-refractivity contribution < 1.29 is 9.59 Å². The van der Waals surface area contributed by atoms with Crippen molar-refractivity contribution in [1.82, 2.24) is 15.1 Å². The fourth-order valence-corrected chi connectivity index (χ4v) is 3.09. The van der Waals surface area contributed by atoms with Gasteiger partial charge in [-0.25, -0.2) is 0 Å². The van der Waals surface area contributed by atoms with Gasteiger partial charge in [-0.2, -0.15) is 0 Å². The molecule has 2 rings (SSSR count). The number of benzene rings is 1. The van der Waals surface area contributed by atoms with Gasteiger partial charge in [0.1, 0.15) is 0 Å². The fraction of sp³-hybridized carbons (Fsp3) is 0.579. The number of nitrogens with zero attached hydrogens (tertiary/aromatic N) is 2. The topological polar surface area (TPSA) is 52.7 Å². The van der Waals surface area contributed by atoms with Crippen LogP contribution in [0.3, 0.4) is 0 Å². The van der Waals surface area contributed by atoms with Crippen LogP contribution in [0, 0.1) is 0 Å². The first-order valence-corrected chi connectivity index (χ1v) is 8.77. The molecule has 1 aliphatic rings. The Kier molecular flexibility index (Phi) is 6.37. The monoisotopic (exact) mass is 331 g/mol. The van der Waals surface area contributed by atoms with Gasteiger partial charge >= 0.3 is 11.8 Å². The molecule has 1 aromatic carbocycles. The van der Waals surface area contributed by atoms with Crippen molar-refractivity contribution in [2.75, 3.05) is 27.2 Å². The third-order valence-electron chi connectivity index (χ3n) is 4.99. The van der Waals surface area contributed by atoms with Gasteiger partial charge in [-0.05, 0) is 57.5 Å². The van der Waals surface area contributed by atoms with Crippen molar-refractivity contribution >= 4 is 11.8 Å². The summed E-state index contributed by atoms with van der Waals surface area (Å²) in [7, 11) is 3.81. The molecule has 1 aromatic rings. The van der Waals surface area contributed by atoms with E-state index in [2.05, 4.69) is 36.3 Å². The number of amides is 2. The van der Waals surface area contributed by atoms with Crippen LogP contribution in [0.1, 0.15) is 43.9 Å². The van der Waals surface area contributed by atoms with Crippen molar-refractivity contribution in [3.05, 3.63) is 35.4 Å². The smallest absolute Gasteiger partial charge is 0.311 e. The summed E-state index contributed by atoms with van der Waals surface area (Å²) >= 11 is 0. The number of carbonyl (C=O) groups is 2. The lowest BCUT2D eigenvalue weighted by Gasteiger charge is -2.34. The third kappa shape index (κ3) is 4.57. The van der Waals surface area contributed by atoms with Crippen molar-refractivity contribution in [3.63, 3.8) is 0 Å². The Morgan fingerprint density at radius 1 is 1.25 bits per heavy atom. The number of likely N-dealkylation sites (tertiary alicyclic amines) is 1. The Hall–Kier alpha value is -1.88. The summed E-state index contributed by atoms with van der Waals surface area (Å²) in [5.74, 6) is -0.968. The van der Waals surface area contributed by atoms with Gasteiger partial charge in [-0.1, -0.05) is 31.2 Å². The van der Waals surface area contributed by atoms with E-state index in [-0.39, 0.29) is 12.1 Å². The van der Waals surface area contributed by atoms with Crippen molar-refractivity contribution in [1.29, 1.82) is 0 Å². The average Bonchev–Trinajstić information content (AvgIpc) is 2.61. The Bertz CT molecular complexity index is 562. The number of piperidine rings is 1. The van der Waals surface area contributed by atoms with E-state index in [1.54, 1.807) is 11.9 Å². The highest BCUT2D eigenvalue weighted by molar-refractivity contribution is 6.35. The maximum absolute atomic E-state index is 12.4. The Balaban J connectivity index is 1.91. The van der Waals surface area contributed by atoms with Gasteiger partial charge in [0.05, 0.1) is 6.04 Å². The van der Waals surface area contributed by atoms with Gasteiger partial charge in [-0.15, -0.1) is 0 Å². The number of nitrogens with one attached hydrogen (secondary N) is 1. The van der Waals surface area contributed by atoms with Gasteiger partial charge in [-0.3, -0.25) is 9.59 Å². The molecule has 1 fully saturated rings. The fourth-order valence-electron chi connectivity index (χ4n) is 3.09. The van der Waals surface area contributed by atoms with E-state index < -0.39 is 11.8 Å². The van der Waals surface area contributed by atoms with Crippen molar-refractivity contribution in [2.24, 2.45) is 0 Å². The second kappa shape index (κ2) is 8.29. The summed E-state index contributed by atoms with van der Waals surface area (Å²) in [5.41, 5.74) is 2.27. The summed E-state index contributed by atoms with van der Waals surface area (Å²) in [6.45, 7) is 5.94. The van der Waals surface area contributed by atoms with E-state index in [0.717, 1.165) is 37.9 Å². The number of carbonyl (C=O) groups excluding carboxylic acids is 2. The first-order chi connectivity index (χ1) is 11.4. The normalized spacial score (nSPS) is 17.3. The SMILES string of the molecule is CCc1ccc(C(C)NC(=O)C(=O)N(C)C2CCN(C)CC2)cc1. The molecule has 0 saturated carbocycles. The Morgan fingerprint density at radius 2 is 1.83 bits per heavy atom. The van der Waals surface area contributed by atoms with E-state index in [4.69, 9.17) is 0 Å². The molecule has 132 valence electrons. The second-order valence-electron chi connectivity index (χ2n) is 6.74. The highest BCUT2D eigenvalue weighted by atomic mass is 16.2. The van der Waals surface area contributed by atoms with Gasteiger partial charge < -0.3 is 15.1 Å². The van der Waals surface area contributed by atoms with E-state index in [1.807, 2.05) is 19.1 Å². The lowest BCUT2D eigenvalue weighted by atomic mass is 10.0. The van der Waals surface area contributed by atoms with Gasteiger partial charge in [0, 0.05) is 13.1 Å². The minimum absolute atomic E-state index is 0.151. The van der Waals surface area contributed by atoms with Gasteiger partial charge in [0.2, 0.25) is 0 Å². The summed E-state index contributed by atoms with van der Waals surface area (Å²) in [6, 6.07) is 8.11. The van der Waals surface area contributed by atoms with Crippen LogP contribution in [0.25, 0.3) is 0 Å². The van der Waals surface area contributed by atoms with Crippen LogP contribution in [0.5, 0.6) is 0 Å². The predicted octanol–water partition coefficient (Wildman–Crippen LogP) is 1.98. The number of hydrogen-bond acceptors (Lipinski definition) is 3. The predicted molar refractivity (Wildman–Crippen MR) is 95.7 cm³/mol. The van der Waals surface area contributed by atoms with Crippen LogP contribution in [0.2, 0.25) is 0 Å². The molecular weight excluding hydrogens is 302 g/mol. The summed E-state index contributed by atoms with van der Waals surface area (Å²) < 4.78 is 0. The Labute approximate surface area is 145 Å². The number of likely N-dealkylation sites (N-methyl/N-ethyl adjacent to an activating group) is 1. The quantitative estimate of drug-likeness (QED) is 0.859. The second-order valence-corrected chi connectivity index (χ2v) is 6.74. The summed E-state index contributed by atoms with van der Waals surface area (Å²) in [5, 5.41) is 2.82. The molecule has 0 aliphatic carbocycles. The van der Waals surface area contributed by atoms with Crippen molar-refractivity contribution in [2.45, 2.75) is 45.2 Å². The lowest BCUT2D eigenvalue weighted by molar-refractivity contribution is -0.147. The molecule has 0 spiro atoms. The van der Waals surface area contributed by atoms with Gasteiger partial charge in [0.15, 0.2) is 0 Å². The molecule has 1 atom stereocenters. The molecule has 0 bridgehead atoms. The minimum atomic E-state index is -0.525. The Morgan fingerprint density at radius 3 is 2.38 bits per heavy atom. The van der Waals surface area contributed by atoms with Crippen LogP contribution < -0.4 is 5.32 Å². The first kappa shape index (κ1) is 18.5. The molecule has 5 heteroatoms. The largest absolute Gasteiger partial charge is 0.341 e. The number of hydrogen-bond donors (Lipinski definition) is 1. The molecular formula is C19H29N3O2. The van der Waals surface area contributed by atoms with Crippen molar-refractivity contribution in [3.8, 4) is 0 Å². The molecule has 2 amide bonds. The summed E-state index contributed by atoms with van der Waals surface area (Å²) in [6.07, 6.45) is 2.82. The van der Waals surface area contributed by atoms with Crippen LogP contribution >= 0.6 is 0 Å². The van der Waals surface area contributed by atoms with E-state index in [1.165, 1.54) is 5.56 Å². The molecule has 0 aromatic heterocycles. The van der Waals surface area contributed by atoms with E-state index in [9.17, 15) is 9.59 Å². The standard InChI is InChI=1S/C19H29N3O2/c1-5-15-6-8-16(9-7-15)14(2)20-18(23)19(24)22(4)17-10-12-21(3)13-11-17/h6-9,14,17H,5,10-13H2,1-4H3,(H,20,23). The zero-order valence-electron chi connectivity index (χ0n) is 15.2. The molecule has 1 heterocycles. The van der Waals surface area contributed by atoms with E-state index in [0.29, 0.717) is 0 Å². The third-order valence-corrected chi connectivity index (χ3v) is 4.99. The first-order valence-electron chi connectivity index (χ1n) is 8.77. The number of aryl methyl sites for hydroxylation is 1. The van der Waals surface area contributed by atoms with Crippen LogP contribution in [-0.4, -0.2) is 54.8 Å². The van der Waals surface area contributed by atoms with Crippen LogP contribution in [-0.2, 0) is 16.0 Å². The van der Waals surface area contributed by atoms with E-state index >= 15 is 0 Å².